The number of likely N-dealkylation sites (tertiary alicyclic amines) is 1. The average molecular weight is 210 g/mol. The number of aliphatic hydroxyl groups is 1. The molecule has 12 heavy (non-hydrogen) atoms. The van der Waals surface area contributed by atoms with E-state index in [1.807, 2.05) is 6.92 Å². The van der Waals surface area contributed by atoms with E-state index in [2.05, 4.69) is 4.90 Å². The molecular formula is C8H13Cl2NO. The molecule has 1 heterocycles. The topological polar surface area (TPSA) is 23.5 Å². The van der Waals surface area contributed by atoms with Crippen LogP contribution in [0.15, 0.2) is 10.6 Å². The van der Waals surface area contributed by atoms with Crippen molar-refractivity contribution in [1.29, 1.82) is 0 Å². The summed E-state index contributed by atoms with van der Waals surface area (Å²) in [6.07, 6.45) is 0.797. The molecule has 0 aromatic carbocycles. The predicted molar refractivity (Wildman–Crippen MR) is 51.5 cm³/mol. The smallest absolute Gasteiger partial charge is 0.0897 e. The number of nitrogens with zero attached hydrogens (tertiary/aromatic N) is 1. The Balaban J connectivity index is 2.26. The number of hydrogen-bond donors (Lipinski definition) is 1. The molecular weight excluding hydrogens is 197 g/mol. The third-order valence-corrected chi connectivity index (χ3v) is 2.79. The van der Waals surface area contributed by atoms with E-state index in [0.29, 0.717) is 24.7 Å². The van der Waals surface area contributed by atoms with Crippen LogP contribution in [0.2, 0.25) is 0 Å². The van der Waals surface area contributed by atoms with E-state index in [0.717, 1.165) is 6.42 Å². The fourth-order valence-electron chi connectivity index (χ4n) is 1.37. The minimum atomic E-state index is -0.483. The van der Waals surface area contributed by atoms with Gasteiger partial charge in [0, 0.05) is 30.2 Å². The molecule has 0 aliphatic carbocycles. The van der Waals surface area contributed by atoms with Crippen LogP contribution in [0.5, 0.6) is 0 Å². The molecule has 0 aromatic rings. The van der Waals surface area contributed by atoms with E-state index in [-0.39, 0.29) is 0 Å². The maximum atomic E-state index is 9.64. The molecule has 0 radical (unpaired) electrons. The first-order valence-corrected chi connectivity index (χ1v) is 4.80. The lowest BCUT2D eigenvalue weighted by atomic mass is 9.91. The zero-order valence-corrected chi connectivity index (χ0v) is 8.57. The van der Waals surface area contributed by atoms with Gasteiger partial charge in [0.2, 0.25) is 0 Å². The van der Waals surface area contributed by atoms with Crippen LogP contribution in [0.1, 0.15) is 13.3 Å². The number of halogens is 2. The van der Waals surface area contributed by atoms with Crippen LogP contribution in [0.4, 0.5) is 0 Å². The molecule has 1 aliphatic heterocycles. The van der Waals surface area contributed by atoms with Crippen molar-refractivity contribution < 1.29 is 5.11 Å². The molecule has 0 bridgehead atoms. The Kier molecular flexibility index (Phi) is 3.41. The first kappa shape index (κ1) is 10.3. The molecule has 1 N–H and O–H groups in total. The van der Waals surface area contributed by atoms with Crippen molar-refractivity contribution >= 4 is 23.2 Å². The standard InChI is InChI=1S/C8H13Cl2NO/c1-2-8(12)5-11(6-8)4-7(10)3-9/h3,12H,2,4-6H2,1H3. The second-order valence-electron chi connectivity index (χ2n) is 3.28. The number of hydrogen-bond acceptors (Lipinski definition) is 2. The third kappa shape index (κ3) is 2.36. The van der Waals surface area contributed by atoms with Gasteiger partial charge in [0.15, 0.2) is 0 Å². The molecule has 0 aromatic heterocycles. The molecule has 0 saturated carbocycles. The molecule has 0 spiro atoms. The Hall–Kier alpha value is 0.240. The Bertz CT molecular complexity index is 187. The largest absolute Gasteiger partial charge is 0.387 e. The van der Waals surface area contributed by atoms with E-state index >= 15 is 0 Å². The van der Waals surface area contributed by atoms with Crippen molar-refractivity contribution in [3.8, 4) is 0 Å². The Morgan fingerprint density at radius 3 is 2.67 bits per heavy atom. The fraction of sp³-hybridized carbons (Fsp3) is 0.750. The highest BCUT2D eigenvalue weighted by Crippen LogP contribution is 2.25. The van der Waals surface area contributed by atoms with Gasteiger partial charge in [-0.05, 0) is 6.42 Å². The summed E-state index contributed by atoms with van der Waals surface area (Å²) in [6.45, 7) is 4.03. The van der Waals surface area contributed by atoms with Crippen molar-refractivity contribution in [2.45, 2.75) is 18.9 Å². The lowest BCUT2D eigenvalue weighted by Gasteiger charge is -2.46. The van der Waals surface area contributed by atoms with Crippen LogP contribution < -0.4 is 0 Å². The van der Waals surface area contributed by atoms with E-state index in [1.165, 1.54) is 5.54 Å². The molecule has 1 rings (SSSR count). The summed E-state index contributed by atoms with van der Waals surface area (Å²) in [5, 5.41) is 10.3. The minimum Gasteiger partial charge on any atom is -0.387 e. The van der Waals surface area contributed by atoms with Gasteiger partial charge in [-0.1, -0.05) is 30.1 Å². The normalized spacial score (nSPS) is 23.8. The maximum absolute atomic E-state index is 9.64. The van der Waals surface area contributed by atoms with Gasteiger partial charge in [0.25, 0.3) is 0 Å². The lowest BCUT2D eigenvalue weighted by Crippen LogP contribution is -2.61. The summed E-state index contributed by atoms with van der Waals surface area (Å²) in [5.41, 5.74) is 0.883. The van der Waals surface area contributed by atoms with E-state index in [9.17, 15) is 5.11 Å². The highest BCUT2D eigenvalue weighted by atomic mass is 35.5. The number of rotatable bonds is 3. The van der Waals surface area contributed by atoms with Crippen LogP contribution in [-0.2, 0) is 0 Å². The van der Waals surface area contributed by atoms with Crippen molar-refractivity contribution in [2.75, 3.05) is 19.6 Å². The van der Waals surface area contributed by atoms with Gasteiger partial charge in [-0.3, -0.25) is 4.90 Å². The molecule has 4 heteroatoms. The summed E-state index contributed by atoms with van der Waals surface area (Å²) in [6, 6.07) is 0. The van der Waals surface area contributed by atoms with Gasteiger partial charge >= 0.3 is 0 Å². The lowest BCUT2D eigenvalue weighted by molar-refractivity contribution is -0.0947. The summed E-state index contributed by atoms with van der Waals surface area (Å²) >= 11 is 11.1. The van der Waals surface area contributed by atoms with Crippen LogP contribution >= 0.6 is 23.2 Å². The first-order valence-electron chi connectivity index (χ1n) is 3.99. The zero-order valence-electron chi connectivity index (χ0n) is 7.06. The monoisotopic (exact) mass is 209 g/mol. The molecule has 70 valence electrons. The average Bonchev–Trinajstić information content (AvgIpc) is 2.01. The summed E-state index contributed by atoms with van der Waals surface area (Å²) in [5.74, 6) is 0. The van der Waals surface area contributed by atoms with Crippen LogP contribution in [0.25, 0.3) is 0 Å². The fourth-order valence-corrected chi connectivity index (χ4v) is 1.61. The molecule has 0 atom stereocenters. The van der Waals surface area contributed by atoms with Crippen molar-refractivity contribution in [2.24, 2.45) is 0 Å². The molecule has 1 fully saturated rings. The maximum Gasteiger partial charge on any atom is 0.0897 e. The summed E-state index contributed by atoms with van der Waals surface area (Å²) < 4.78 is 0. The van der Waals surface area contributed by atoms with Crippen molar-refractivity contribution in [3.05, 3.63) is 10.6 Å². The molecule has 1 saturated heterocycles. The quantitative estimate of drug-likeness (QED) is 0.767. The van der Waals surface area contributed by atoms with Gasteiger partial charge in [0.1, 0.15) is 0 Å². The van der Waals surface area contributed by atoms with Gasteiger partial charge in [-0.15, -0.1) is 0 Å². The van der Waals surface area contributed by atoms with Crippen LogP contribution in [-0.4, -0.2) is 35.2 Å². The Morgan fingerprint density at radius 2 is 2.25 bits per heavy atom. The third-order valence-electron chi connectivity index (χ3n) is 2.19. The molecule has 2 nitrogen and oxygen atoms in total. The van der Waals surface area contributed by atoms with Gasteiger partial charge in [-0.2, -0.15) is 0 Å². The minimum absolute atomic E-state index is 0.483. The summed E-state index contributed by atoms with van der Waals surface area (Å²) in [7, 11) is 0. The van der Waals surface area contributed by atoms with Gasteiger partial charge in [-0.25, -0.2) is 0 Å². The molecule has 0 amide bonds. The highest BCUT2D eigenvalue weighted by Gasteiger charge is 2.39. The van der Waals surface area contributed by atoms with E-state index in [1.54, 1.807) is 0 Å². The second kappa shape index (κ2) is 3.97. The Labute approximate surface area is 82.8 Å². The SMILES string of the molecule is CCC1(O)CN(CC(Cl)=CCl)C1. The first-order chi connectivity index (χ1) is 5.59. The van der Waals surface area contributed by atoms with Crippen molar-refractivity contribution in [3.63, 3.8) is 0 Å². The Morgan fingerprint density at radius 1 is 1.67 bits per heavy atom. The molecule has 1 aliphatic rings. The van der Waals surface area contributed by atoms with Gasteiger partial charge < -0.3 is 5.11 Å². The van der Waals surface area contributed by atoms with Crippen molar-refractivity contribution in [1.82, 2.24) is 4.90 Å². The van der Waals surface area contributed by atoms with Gasteiger partial charge in [0.05, 0.1) is 5.60 Å². The second-order valence-corrected chi connectivity index (χ2v) is 3.98. The van der Waals surface area contributed by atoms with Crippen LogP contribution in [0, 0.1) is 0 Å². The summed E-state index contributed by atoms with van der Waals surface area (Å²) in [4.78, 5) is 2.06. The van der Waals surface area contributed by atoms with E-state index in [4.69, 9.17) is 23.2 Å². The highest BCUT2D eigenvalue weighted by molar-refractivity contribution is 6.36. The van der Waals surface area contributed by atoms with Crippen LogP contribution in [0.3, 0.4) is 0 Å². The predicted octanol–water partition coefficient (Wildman–Crippen LogP) is 1.76. The zero-order chi connectivity index (χ0) is 9.19. The molecule has 0 unspecified atom stereocenters. The number of β-amino-alcohol motifs (C(OH)–C–C–N with tert-alkyl or cyclic N) is 1. The van der Waals surface area contributed by atoms with E-state index < -0.39 is 5.60 Å².